The minimum absolute atomic E-state index is 0.0543. The molecule has 0 bridgehead atoms. The number of aryl methyl sites for hydroxylation is 1. The van der Waals surface area contributed by atoms with E-state index in [1.807, 2.05) is 53.9 Å². The van der Waals surface area contributed by atoms with E-state index in [0.29, 0.717) is 15.9 Å². The number of benzene rings is 2. The number of para-hydroxylation sites is 1. The fourth-order valence-electron chi connectivity index (χ4n) is 3.56. The Morgan fingerprint density at radius 1 is 1.15 bits per heavy atom. The molecule has 9 heteroatoms. The van der Waals surface area contributed by atoms with Crippen LogP contribution in [-0.2, 0) is 23.5 Å². The molecule has 0 unspecified atom stereocenters. The van der Waals surface area contributed by atoms with Gasteiger partial charge in [0.05, 0.1) is 11.4 Å². The molecule has 0 aliphatic rings. The van der Waals surface area contributed by atoms with Crippen molar-refractivity contribution in [3.8, 4) is 11.4 Å². The van der Waals surface area contributed by atoms with Gasteiger partial charge in [-0.25, -0.2) is 4.98 Å². The minimum atomic E-state index is -0.0543. The van der Waals surface area contributed by atoms with E-state index in [1.165, 1.54) is 11.3 Å². The van der Waals surface area contributed by atoms with Crippen LogP contribution in [-0.4, -0.2) is 25.7 Å². The number of hydrogen-bond donors (Lipinski definition) is 0. The highest BCUT2D eigenvalue weighted by Gasteiger charge is 2.21. The van der Waals surface area contributed by atoms with Gasteiger partial charge in [0, 0.05) is 35.2 Å². The van der Waals surface area contributed by atoms with Crippen LogP contribution in [0.4, 0.5) is 10.8 Å². The van der Waals surface area contributed by atoms with Gasteiger partial charge in [-0.2, -0.15) is 0 Å². The Morgan fingerprint density at radius 3 is 2.70 bits per heavy atom. The summed E-state index contributed by atoms with van der Waals surface area (Å²) in [7, 11) is 0. The predicted molar refractivity (Wildman–Crippen MR) is 136 cm³/mol. The van der Waals surface area contributed by atoms with Gasteiger partial charge in [0.2, 0.25) is 5.91 Å². The largest absolute Gasteiger partial charge is 0.302 e. The highest BCUT2D eigenvalue weighted by atomic mass is 35.5. The number of thiazole rings is 1. The lowest BCUT2D eigenvalue weighted by molar-refractivity contribution is -0.115. The molecule has 0 atom stereocenters. The molecule has 6 nitrogen and oxygen atoms in total. The fourth-order valence-corrected chi connectivity index (χ4v) is 5.63. The Bertz CT molecular complexity index is 1270. The number of amides is 1. The van der Waals surface area contributed by atoms with Gasteiger partial charge < -0.3 is 4.57 Å². The van der Waals surface area contributed by atoms with Crippen LogP contribution in [0, 0.1) is 0 Å². The van der Waals surface area contributed by atoms with E-state index in [0.717, 1.165) is 46.5 Å². The summed E-state index contributed by atoms with van der Waals surface area (Å²) < 4.78 is 2.07. The molecule has 2 aromatic carbocycles. The van der Waals surface area contributed by atoms with Crippen molar-refractivity contribution < 1.29 is 4.79 Å². The van der Waals surface area contributed by atoms with Crippen LogP contribution in [0.15, 0.2) is 59.1 Å². The van der Waals surface area contributed by atoms with Crippen LogP contribution >= 0.6 is 34.7 Å². The standard InChI is InChI=1S/C24H24ClN5OS2/c1-4-17-9-6-7-12-21(17)30(16(3)31)23-26-20(14-32-23)15-33-24-28-27-22(29(24)5-2)18-10-8-11-19(25)13-18/h6-14H,4-5,15H2,1-3H3. The Balaban J connectivity index is 1.54. The van der Waals surface area contributed by atoms with Crippen molar-refractivity contribution in [1.29, 1.82) is 0 Å². The normalized spacial score (nSPS) is 11.0. The topological polar surface area (TPSA) is 63.9 Å². The monoisotopic (exact) mass is 497 g/mol. The second-order valence-corrected chi connectivity index (χ2v) is 9.52. The number of carbonyl (C=O) groups excluding carboxylic acids is 1. The third-order valence-electron chi connectivity index (χ3n) is 5.12. The molecule has 0 spiro atoms. The van der Waals surface area contributed by atoms with E-state index in [9.17, 15) is 4.79 Å². The van der Waals surface area contributed by atoms with Crippen molar-refractivity contribution in [2.24, 2.45) is 0 Å². The van der Waals surface area contributed by atoms with E-state index in [4.69, 9.17) is 16.6 Å². The van der Waals surface area contributed by atoms with E-state index in [-0.39, 0.29) is 5.91 Å². The molecule has 0 aliphatic heterocycles. The van der Waals surface area contributed by atoms with Crippen molar-refractivity contribution in [2.75, 3.05) is 4.90 Å². The van der Waals surface area contributed by atoms with Crippen molar-refractivity contribution >= 4 is 51.4 Å². The van der Waals surface area contributed by atoms with Gasteiger partial charge in [-0.1, -0.05) is 60.6 Å². The number of halogens is 1. The Labute approximate surface area is 206 Å². The zero-order valence-corrected chi connectivity index (χ0v) is 21.0. The quantitative estimate of drug-likeness (QED) is 0.256. The SMILES string of the molecule is CCc1ccccc1N(C(C)=O)c1nc(CSc2nnc(-c3cccc(Cl)c3)n2CC)cs1. The second-order valence-electron chi connectivity index (χ2n) is 7.31. The van der Waals surface area contributed by atoms with Gasteiger partial charge in [-0.15, -0.1) is 21.5 Å². The van der Waals surface area contributed by atoms with Gasteiger partial charge in [-0.05, 0) is 37.1 Å². The molecule has 0 saturated carbocycles. The Hall–Kier alpha value is -2.68. The first-order valence-corrected chi connectivity index (χ1v) is 12.9. The molecule has 33 heavy (non-hydrogen) atoms. The van der Waals surface area contributed by atoms with Crippen LogP contribution in [0.25, 0.3) is 11.4 Å². The maximum Gasteiger partial charge on any atom is 0.230 e. The molecule has 0 radical (unpaired) electrons. The summed E-state index contributed by atoms with van der Waals surface area (Å²) >= 11 is 9.20. The lowest BCUT2D eigenvalue weighted by Gasteiger charge is -2.20. The summed E-state index contributed by atoms with van der Waals surface area (Å²) in [6, 6.07) is 15.6. The molecule has 0 N–H and O–H groups in total. The van der Waals surface area contributed by atoms with Crippen LogP contribution < -0.4 is 4.90 Å². The Kier molecular flexibility index (Phi) is 7.47. The van der Waals surface area contributed by atoms with Crippen molar-refractivity contribution in [3.63, 3.8) is 0 Å². The van der Waals surface area contributed by atoms with Gasteiger partial charge >= 0.3 is 0 Å². The molecular formula is C24H24ClN5OS2. The van der Waals surface area contributed by atoms with Crippen LogP contribution in [0.5, 0.6) is 0 Å². The number of nitrogens with zero attached hydrogens (tertiary/aromatic N) is 5. The van der Waals surface area contributed by atoms with Crippen molar-refractivity contribution in [2.45, 2.75) is 44.6 Å². The zero-order valence-electron chi connectivity index (χ0n) is 18.7. The molecule has 2 aromatic heterocycles. The molecule has 4 rings (SSSR count). The molecule has 0 fully saturated rings. The van der Waals surface area contributed by atoms with Crippen LogP contribution in [0.2, 0.25) is 5.02 Å². The first kappa shape index (κ1) is 23.5. The summed E-state index contributed by atoms with van der Waals surface area (Å²) in [6.45, 7) is 6.47. The third kappa shape index (κ3) is 5.13. The molecule has 2 heterocycles. The Morgan fingerprint density at radius 2 is 1.97 bits per heavy atom. The van der Waals surface area contributed by atoms with Gasteiger partial charge in [0.1, 0.15) is 0 Å². The summed E-state index contributed by atoms with van der Waals surface area (Å²) in [5.74, 6) is 1.37. The first-order valence-electron chi connectivity index (χ1n) is 10.7. The van der Waals surface area contributed by atoms with E-state index in [2.05, 4.69) is 28.6 Å². The van der Waals surface area contributed by atoms with Gasteiger partial charge in [0.15, 0.2) is 16.1 Å². The summed E-state index contributed by atoms with van der Waals surface area (Å²) in [5, 5.41) is 12.9. The number of thioether (sulfide) groups is 1. The average Bonchev–Trinajstić information content (AvgIpc) is 3.44. The molecule has 0 saturated heterocycles. The maximum absolute atomic E-state index is 12.5. The lowest BCUT2D eigenvalue weighted by atomic mass is 10.1. The summed E-state index contributed by atoms with van der Waals surface area (Å²) in [5.41, 5.74) is 3.84. The zero-order chi connectivity index (χ0) is 23.4. The number of anilines is 2. The van der Waals surface area contributed by atoms with Crippen LogP contribution in [0.3, 0.4) is 0 Å². The second kappa shape index (κ2) is 10.5. The number of aromatic nitrogens is 4. The smallest absolute Gasteiger partial charge is 0.230 e. The maximum atomic E-state index is 12.5. The minimum Gasteiger partial charge on any atom is -0.302 e. The van der Waals surface area contributed by atoms with Gasteiger partial charge in [-0.3, -0.25) is 9.69 Å². The van der Waals surface area contributed by atoms with Crippen LogP contribution in [0.1, 0.15) is 32.0 Å². The molecule has 0 aliphatic carbocycles. The van der Waals surface area contributed by atoms with Gasteiger partial charge in [0.25, 0.3) is 0 Å². The van der Waals surface area contributed by atoms with Crippen molar-refractivity contribution in [1.82, 2.24) is 19.7 Å². The molecular weight excluding hydrogens is 474 g/mol. The predicted octanol–water partition coefficient (Wildman–Crippen LogP) is 6.61. The molecule has 4 aromatic rings. The molecule has 170 valence electrons. The average molecular weight is 498 g/mol. The number of hydrogen-bond acceptors (Lipinski definition) is 6. The lowest BCUT2D eigenvalue weighted by Crippen LogP contribution is -2.23. The first-order chi connectivity index (χ1) is 16.0. The third-order valence-corrected chi connectivity index (χ3v) is 7.23. The van der Waals surface area contributed by atoms with E-state index >= 15 is 0 Å². The summed E-state index contributed by atoms with van der Waals surface area (Å²) in [6.07, 6.45) is 0.843. The van der Waals surface area contributed by atoms with Crippen molar-refractivity contribution in [3.05, 3.63) is 70.2 Å². The van der Waals surface area contributed by atoms with E-state index < -0.39 is 0 Å². The fraction of sp³-hybridized carbons (Fsp3) is 0.250. The highest BCUT2D eigenvalue weighted by Crippen LogP contribution is 2.33. The number of carbonyl (C=O) groups is 1. The highest BCUT2D eigenvalue weighted by molar-refractivity contribution is 7.98. The molecule has 1 amide bonds. The summed E-state index contributed by atoms with van der Waals surface area (Å²) in [4.78, 5) is 19.0. The number of rotatable bonds is 8. The van der Waals surface area contributed by atoms with E-state index in [1.54, 1.807) is 23.6 Å².